The molecule has 3 heterocycles. The van der Waals surface area contributed by atoms with Crippen LogP contribution in [0.15, 0.2) is 24.3 Å². The fourth-order valence-electron chi connectivity index (χ4n) is 4.76. The van der Waals surface area contributed by atoms with Crippen LogP contribution in [0.3, 0.4) is 0 Å². The van der Waals surface area contributed by atoms with E-state index < -0.39 is 5.97 Å². The number of thiazole rings is 1. The van der Waals surface area contributed by atoms with E-state index in [9.17, 15) is 14.7 Å². The number of carboxylic acid groups (broad SMARTS) is 1. The van der Waals surface area contributed by atoms with Gasteiger partial charge in [0.1, 0.15) is 10.6 Å². The van der Waals surface area contributed by atoms with E-state index in [2.05, 4.69) is 36.0 Å². The van der Waals surface area contributed by atoms with E-state index in [-0.39, 0.29) is 63.7 Å². The topological polar surface area (TPSA) is 98.3 Å². The molecular formula is C25H27Cl2LiN4O3S. The first-order valence-electron chi connectivity index (χ1n) is 11.4. The van der Waals surface area contributed by atoms with Gasteiger partial charge in [0.25, 0.3) is 5.91 Å². The number of aromatic nitrogens is 2. The number of aromatic amines is 1. The average Bonchev–Trinajstić information content (AvgIpc) is 3.19. The van der Waals surface area contributed by atoms with Crippen LogP contribution in [-0.4, -0.2) is 64.9 Å². The molecule has 1 aliphatic carbocycles. The third-order valence-electron chi connectivity index (χ3n) is 6.88. The number of carbonyl (C=O) groups is 2. The summed E-state index contributed by atoms with van der Waals surface area (Å²) in [5.74, 6) is -0.666. The number of hydrogen-bond acceptors (Lipinski definition) is 5. The SMILES string of the molecule is Cc1[nH]c(C(=O)NC2[C@H]3CN(c4nc(-c5ccc(C(C)(C)C)cc5)c(C(=O)O)s4)C[C@@H]23)c(Cl)c1Cl.[LiH]. The Morgan fingerprint density at radius 1 is 1.14 bits per heavy atom. The maximum absolute atomic E-state index is 12.7. The van der Waals surface area contributed by atoms with Crippen molar-refractivity contribution in [2.75, 3.05) is 18.0 Å². The van der Waals surface area contributed by atoms with E-state index in [0.29, 0.717) is 34.6 Å². The molecule has 3 N–H and O–H groups in total. The van der Waals surface area contributed by atoms with Crippen LogP contribution in [0.2, 0.25) is 10.0 Å². The minimum atomic E-state index is -0.977. The second-order valence-electron chi connectivity index (χ2n) is 10.3. The van der Waals surface area contributed by atoms with Crippen molar-refractivity contribution in [1.29, 1.82) is 0 Å². The van der Waals surface area contributed by atoms with E-state index in [0.717, 1.165) is 5.56 Å². The van der Waals surface area contributed by atoms with Crippen molar-refractivity contribution >= 4 is 70.4 Å². The number of aryl methyl sites for hydroxylation is 1. The zero-order valence-corrected chi connectivity index (χ0v) is 22.1. The molecule has 1 aliphatic heterocycles. The molecule has 2 aromatic heterocycles. The summed E-state index contributed by atoms with van der Waals surface area (Å²) in [6.07, 6.45) is 0. The van der Waals surface area contributed by atoms with Gasteiger partial charge in [-0.2, -0.15) is 0 Å². The summed E-state index contributed by atoms with van der Waals surface area (Å²) in [6, 6.07) is 8.00. The normalized spacial score (nSPS) is 20.6. The van der Waals surface area contributed by atoms with E-state index >= 15 is 0 Å². The van der Waals surface area contributed by atoms with Gasteiger partial charge in [0.15, 0.2) is 5.13 Å². The number of fused-ring (bicyclic) bond motifs is 1. The van der Waals surface area contributed by atoms with Crippen molar-refractivity contribution in [2.45, 2.75) is 39.2 Å². The summed E-state index contributed by atoms with van der Waals surface area (Å²) in [4.78, 5) is 34.6. The van der Waals surface area contributed by atoms with E-state index in [1.807, 2.05) is 24.3 Å². The number of amides is 1. The van der Waals surface area contributed by atoms with Gasteiger partial charge in [-0.05, 0) is 17.9 Å². The van der Waals surface area contributed by atoms with Crippen LogP contribution < -0.4 is 10.2 Å². The molecule has 3 atom stereocenters. The Morgan fingerprint density at radius 3 is 2.25 bits per heavy atom. The Kier molecular flexibility index (Phi) is 7.33. The predicted octanol–water partition coefficient (Wildman–Crippen LogP) is 4.97. The summed E-state index contributed by atoms with van der Waals surface area (Å²) >= 11 is 13.5. The molecule has 1 amide bonds. The number of anilines is 1. The van der Waals surface area contributed by atoms with Gasteiger partial charge in [-0.1, -0.05) is 79.6 Å². The second-order valence-corrected chi connectivity index (χ2v) is 12.0. The Balaban J connectivity index is 0.00000304. The fraction of sp³-hybridized carbons (Fsp3) is 0.400. The molecule has 7 nitrogen and oxygen atoms in total. The molecule has 5 rings (SSSR count). The van der Waals surface area contributed by atoms with Gasteiger partial charge in [-0.25, -0.2) is 9.78 Å². The van der Waals surface area contributed by atoms with Gasteiger partial charge < -0.3 is 20.3 Å². The fourth-order valence-corrected chi connectivity index (χ4v) is 6.12. The number of carbonyl (C=O) groups excluding carboxylic acids is 1. The molecular weight excluding hydrogens is 514 g/mol. The molecule has 0 radical (unpaired) electrons. The molecule has 186 valence electrons. The summed E-state index contributed by atoms with van der Waals surface area (Å²) in [7, 11) is 0. The molecule has 2 aliphatic rings. The van der Waals surface area contributed by atoms with Crippen molar-refractivity contribution in [3.63, 3.8) is 0 Å². The van der Waals surface area contributed by atoms with Gasteiger partial charge in [0, 0.05) is 42.2 Å². The molecule has 11 heteroatoms. The summed E-state index contributed by atoms with van der Waals surface area (Å²) in [5.41, 5.74) is 3.43. The standard InChI is InChI=1S/C25H26Cl2N4O3S.Li.H/c1-11-16(26)17(27)20(28-11)22(32)29-19-14-9-31(10-15(14)19)24-30-18(21(35-24)23(33)34)12-5-7-13(8-6-12)25(2,3)4;;/h5-8,14-15,19,28H,9-10H2,1-4H3,(H,29,32)(H,33,34);;/t14-,15+,19?;;. The van der Waals surface area contributed by atoms with Crippen LogP contribution in [-0.2, 0) is 5.41 Å². The van der Waals surface area contributed by atoms with E-state index in [1.165, 1.54) is 16.9 Å². The van der Waals surface area contributed by atoms with E-state index in [1.54, 1.807) is 6.92 Å². The van der Waals surface area contributed by atoms with Crippen LogP contribution in [0, 0.1) is 18.8 Å². The van der Waals surface area contributed by atoms with Gasteiger partial charge >= 0.3 is 24.8 Å². The number of carboxylic acids is 1. The Morgan fingerprint density at radius 2 is 1.75 bits per heavy atom. The monoisotopic (exact) mass is 540 g/mol. The van der Waals surface area contributed by atoms with Crippen LogP contribution in [0.5, 0.6) is 0 Å². The number of nitrogens with zero attached hydrogens (tertiary/aromatic N) is 2. The van der Waals surface area contributed by atoms with Gasteiger partial charge in [-0.15, -0.1) is 0 Å². The average molecular weight is 541 g/mol. The van der Waals surface area contributed by atoms with Crippen molar-refractivity contribution in [2.24, 2.45) is 11.8 Å². The Bertz CT molecular complexity index is 1320. The number of nitrogens with one attached hydrogen (secondary N) is 2. The van der Waals surface area contributed by atoms with Gasteiger partial charge in [0.2, 0.25) is 0 Å². The number of hydrogen-bond donors (Lipinski definition) is 3. The number of benzene rings is 1. The molecule has 1 aromatic carbocycles. The zero-order valence-electron chi connectivity index (χ0n) is 19.8. The van der Waals surface area contributed by atoms with Crippen LogP contribution in [0.1, 0.15) is 52.2 Å². The van der Waals surface area contributed by atoms with Crippen LogP contribution >= 0.6 is 34.5 Å². The van der Waals surface area contributed by atoms with E-state index in [4.69, 9.17) is 28.2 Å². The van der Waals surface area contributed by atoms with Crippen molar-refractivity contribution in [1.82, 2.24) is 15.3 Å². The molecule has 0 bridgehead atoms. The number of aromatic carboxylic acids is 1. The summed E-state index contributed by atoms with van der Waals surface area (Å²) in [6.45, 7) is 9.61. The third kappa shape index (κ3) is 4.82. The zero-order chi connectivity index (χ0) is 25.2. The molecule has 2 fully saturated rings. The molecule has 1 unspecified atom stereocenters. The number of piperidine rings is 1. The maximum atomic E-state index is 12.7. The summed E-state index contributed by atoms with van der Waals surface area (Å²) < 4.78 is 0. The number of halogens is 2. The molecule has 3 aromatic rings. The van der Waals surface area contributed by atoms with Crippen molar-refractivity contribution in [3.05, 3.63) is 56.1 Å². The first-order valence-corrected chi connectivity index (χ1v) is 13.0. The van der Waals surface area contributed by atoms with Crippen molar-refractivity contribution < 1.29 is 14.7 Å². The first kappa shape index (κ1) is 27.1. The minimum absolute atomic E-state index is 0. The van der Waals surface area contributed by atoms with Gasteiger partial charge in [0.05, 0.1) is 15.7 Å². The Labute approximate surface area is 235 Å². The molecule has 1 saturated heterocycles. The molecule has 36 heavy (non-hydrogen) atoms. The van der Waals surface area contributed by atoms with Crippen LogP contribution in [0.25, 0.3) is 11.3 Å². The van der Waals surface area contributed by atoms with Gasteiger partial charge in [-0.3, -0.25) is 4.79 Å². The molecule has 1 saturated carbocycles. The van der Waals surface area contributed by atoms with Crippen LogP contribution in [0.4, 0.5) is 5.13 Å². The predicted molar refractivity (Wildman–Crippen MR) is 146 cm³/mol. The quantitative estimate of drug-likeness (QED) is 0.397. The Hall–Kier alpha value is -1.95. The summed E-state index contributed by atoms with van der Waals surface area (Å²) in [5, 5.41) is 14.2. The molecule has 0 spiro atoms. The second kappa shape index (κ2) is 9.73. The first-order chi connectivity index (χ1) is 16.5. The number of H-pyrrole nitrogens is 1. The van der Waals surface area contributed by atoms with Crippen molar-refractivity contribution in [3.8, 4) is 11.3 Å². The third-order valence-corrected chi connectivity index (χ3v) is 8.93. The number of rotatable bonds is 5.